The van der Waals surface area contributed by atoms with Crippen molar-refractivity contribution in [3.05, 3.63) is 23.8 Å². The first-order chi connectivity index (χ1) is 15.8. The van der Waals surface area contributed by atoms with E-state index in [9.17, 15) is 14.4 Å². The molecule has 8 heteroatoms. The number of nitrogens with zero attached hydrogens (tertiary/aromatic N) is 2. The zero-order chi connectivity index (χ0) is 23.2. The number of amides is 4. The molecule has 2 saturated heterocycles. The van der Waals surface area contributed by atoms with Crippen molar-refractivity contribution in [3.63, 3.8) is 0 Å². The van der Waals surface area contributed by atoms with Gasteiger partial charge in [-0.05, 0) is 45.6 Å². The quantitative estimate of drug-likeness (QED) is 0.754. The number of ether oxygens (including phenoxy) is 2. The summed E-state index contributed by atoms with van der Waals surface area (Å²) in [6.07, 6.45) is 5.84. The van der Waals surface area contributed by atoms with Crippen LogP contribution in [-0.2, 0) is 16.0 Å². The SMILES string of the molecule is CC1(C)Cc2cccc(OCC(=O)N3CCC(N4C(=O)NC5CCCCC5C4=O)CC3)c2O1. The summed E-state index contributed by atoms with van der Waals surface area (Å²) < 4.78 is 11.9. The number of hydrogen-bond acceptors (Lipinski definition) is 5. The summed E-state index contributed by atoms with van der Waals surface area (Å²) in [6, 6.07) is 5.35. The van der Waals surface area contributed by atoms with Crippen LogP contribution in [0.4, 0.5) is 4.79 Å². The molecule has 0 bridgehead atoms. The standard InChI is InChI=1S/C25H33N3O5/c1-25(2)14-16-6-5-9-20(22(16)33-25)32-15-21(29)27-12-10-17(11-13-27)28-23(30)18-7-3-4-8-19(18)26-24(28)31/h5-6,9,17-19H,3-4,7-8,10-15H2,1-2H3,(H,26,31). The number of benzene rings is 1. The van der Waals surface area contributed by atoms with E-state index in [4.69, 9.17) is 9.47 Å². The summed E-state index contributed by atoms with van der Waals surface area (Å²) in [6.45, 7) is 5.03. The van der Waals surface area contributed by atoms with Crippen LogP contribution in [0, 0.1) is 5.92 Å². The van der Waals surface area contributed by atoms with E-state index in [-0.39, 0.29) is 48.1 Å². The number of urea groups is 1. The Kier molecular flexibility index (Phi) is 5.70. The maximum atomic E-state index is 13.0. The molecule has 1 saturated carbocycles. The van der Waals surface area contributed by atoms with Crippen molar-refractivity contribution in [2.75, 3.05) is 19.7 Å². The normalized spacial score (nSPS) is 26.8. The van der Waals surface area contributed by atoms with Crippen LogP contribution < -0.4 is 14.8 Å². The van der Waals surface area contributed by atoms with Crippen LogP contribution in [0.1, 0.15) is 57.9 Å². The van der Waals surface area contributed by atoms with Gasteiger partial charge < -0.3 is 19.7 Å². The first kappa shape index (κ1) is 22.0. The maximum Gasteiger partial charge on any atom is 0.324 e. The zero-order valence-electron chi connectivity index (χ0n) is 19.5. The lowest BCUT2D eigenvalue weighted by Crippen LogP contribution is -2.64. The van der Waals surface area contributed by atoms with Crippen molar-refractivity contribution in [3.8, 4) is 11.5 Å². The second-order valence-corrected chi connectivity index (χ2v) is 10.3. The fourth-order valence-electron chi connectivity index (χ4n) is 5.76. The number of rotatable bonds is 4. The number of fused-ring (bicyclic) bond motifs is 2. The van der Waals surface area contributed by atoms with Gasteiger partial charge in [-0.15, -0.1) is 0 Å². The van der Waals surface area contributed by atoms with E-state index >= 15 is 0 Å². The van der Waals surface area contributed by atoms with Crippen molar-refractivity contribution in [1.82, 2.24) is 15.1 Å². The Morgan fingerprint density at radius 1 is 1.15 bits per heavy atom. The van der Waals surface area contributed by atoms with Gasteiger partial charge in [-0.3, -0.25) is 14.5 Å². The lowest BCUT2D eigenvalue weighted by molar-refractivity contribution is -0.140. The topological polar surface area (TPSA) is 88.2 Å². The second-order valence-electron chi connectivity index (χ2n) is 10.3. The smallest absolute Gasteiger partial charge is 0.324 e. The van der Waals surface area contributed by atoms with Crippen LogP contribution in [-0.4, -0.2) is 65.0 Å². The molecule has 1 aliphatic carbocycles. The molecule has 0 aromatic heterocycles. The van der Waals surface area contributed by atoms with Crippen LogP contribution >= 0.6 is 0 Å². The number of likely N-dealkylation sites (tertiary alicyclic amines) is 1. The molecule has 1 aromatic rings. The molecule has 2 atom stereocenters. The molecule has 4 amide bonds. The lowest BCUT2D eigenvalue weighted by Gasteiger charge is -2.44. The van der Waals surface area contributed by atoms with Gasteiger partial charge in [0.25, 0.3) is 5.91 Å². The Bertz CT molecular complexity index is 953. The molecule has 1 aromatic carbocycles. The van der Waals surface area contributed by atoms with E-state index in [2.05, 4.69) is 5.32 Å². The molecule has 5 rings (SSSR count). The molecule has 3 heterocycles. The summed E-state index contributed by atoms with van der Waals surface area (Å²) in [5.41, 5.74) is 0.819. The Hall–Kier alpha value is -2.77. The van der Waals surface area contributed by atoms with Crippen LogP contribution in [0.15, 0.2) is 18.2 Å². The molecule has 33 heavy (non-hydrogen) atoms. The third-order valence-electron chi connectivity index (χ3n) is 7.44. The predicted molar refractivity (Wildman–Crippen MR) is 121 cm³/mol. The van der Waals surface area contributed by atoms with E-state index < -0.39 is 0 Å². The van der Waals surface area contributed by atoms with E-state index in [1.807, 2.05) is 32.0 Å². The molecular weight excluding hydrogens is 422 g/mol. The highest BCUT2D eigenvalue weighted by atomic mass is 16.5. The van der Waals surface area contributed by atoms with Crippen LogP contribution in [0.5, 0.6) is 11.5 Å². The number of carbonyl (C=O) groups is 3. The van der Waals surface area contributed by atoms with Gasteiger partial charge in [0.2, 0.25) is 5.91 Å². The van der Waals surface area contributed by atoms with Crippen molar-refractivity contribution >= 4 is 17.8 Å². The molecule has 3 fully saturated rings. The minimum absolute atomic E-state index is 0.0113. The molecule has 0 radical (unpaired) electrons. The number of hydrogen-bond donors (Lipinski definition) is 1. The number of piperidine rings is 1. The fraction of sp³-hybridized carbons (Fsp3) is 0.640. The minimum atomic E-state index is -0.274. The zero-order valence-corrected chi connectivity index (χ0v) is 19.5. The molecular formula is C25H33N3O5. The highest BCUT2D eigenvalue weighted by Crippen LogP contribution is 2.41. The van der Waals surface area contributed by atoms with Gasteiger partial charge in [0, 0.05) is 37.2 Å². The Balaban J connectivity index is 1.15. The van der Waals surface area contributed by atoms with Gasteiger partial charge >= 0.3 is 6.03 Å². The largest absolute Gasteiger partial charge is 0.483 e. The molecule has 3 aliphatic heterocycles. The van der Waals surface area contributed by atoms with E-state index in [0.717, 1.165) is 43.4 Å². The monoisotopic (exact) mass is 455 g/mol. The van der Waals surface area contributed by atoms with Gasteiger partial charge in [-0.1, -0.05) is 25.0 Å². The second kappa shape index (κ2) is 8.54. The Morgan fingerprint density at radius 2 is 1.91 bits per heavy atom. The van der Waals surface area contributed by atoms with Gasteiger partial charge in [0.15, 0.2) is 18.1 Å². The highest BCUT2D eigenvalue weighted by molar-refractivity contribution is 5.99. The third kappa shape index (κ3) is 4.27. The summed E-state index contributed by atoms with van der Waals surface area (Å²) in [5, 5.41) is 3.05. The van der Waals surface area contributed by atoms with Crippen molar-refractivity contribution < 1.29 is 23.9 Å². The maximum absolute atomic E-state index is 13.0. The molecule has 2 unspecified atom stereocenters. The first-order valence-electron chi connectivity index (χ1n) is 12.2. The molecule has 0 spiro atoms. The van der Waals surface area contributed by atoms with Crippen molar-refractivity contribution in [2.45, 2.75) is 76.5 Å². The third-order valence-corrected chi connectivity index (χ3v) is 7.44. The number of para-hydroxylation sites is 1. The van der Waals surface area contributed by atoms with E-state index in [0.29, 0.717) is 31.7 Å². The Morgan fingerprint density at radius 3 is 2.70 bits per heavy atom. The van der Waals surface area contributed by atoms with E-state index in [1.165, 1.54) is 4.90 Å². The molecule has 178 valence electrons. The summed E-state index contributed by atoms with van der Waals surface area (Å²) in [4.78, 5) is 41.7. The van der Waals surface area contributed by atoms with Crippen molar-refractivity contribution in [2.24, 2.45) is 5.92 Å². The number of nitrogens with one attached hydrogen (secondary N) is 1. The minimum Gasteiger partial charge on any atom is -0.483 e. The summed E-state index contributed by atoms with van der Waals surface area (Å²) in [5.74, 6) is 1.11. The van der Waals surface area contributed by atoms with Crippen molar-refractivity contribution in [1.29, 1.82) is 0 Å². The van der Waals surface area contributed by atoms with Crippen LogP contribution in [0.25, 0.3) is 0 Å². The van der Waals surface area contributed by atoms with Crippen LogP contribution in [0.3, 0.4) is 0 Å². The molecule has 1 N–H and O–H groups in total. The van der Waals surface area contributed by atoms with Gasteiger partial charge in [-0.2, -0.15) is 0 Å². The van der Waals surface area contributed by atoms with Gasteiger partial charge in [0.05, 0.1) is 5.92 Å². The van der Waals surface area contributed by atoms with Gasteiger partial charge in [-0.25, -0.2) is 4.79 Å². The van der Waals surface area contributed by atoms with Crippen LogP contribution in [0.2, 0.25) is 0 Å². The highest BCUT2D eigenvalue weighted by Gasteiger charge is 2.45. The Labute approximate surface area is 194 Å². The van der Waals surface area contributed by atoms with Gasteiger partial charge in [0.1, 0.15) is 5.60 Å². The number of imide groups is 1. The summed E-state index contributed by atoms with van der Waals surface area (Å²) in [7, 11) is 0. The summed E-state index contributed by atoms with van der Waals surface area (Å²) >= 11 is 0. The van der Waals surface area contributed by atoms with E-state index in [1.54, 1.807) is 4.90 Å². The lowest BCUT2D eigenvalue weighted by atomic mass is 9.81. The molecule has 4 aliphatic rings. The first-order valence-corrected chi connectivity index (χ1v) is 12.2. The fourth-order valence-corrected chi connectivity index (χ4v) is 5.76. The average Bonchev–Trinajstić information content (AvgIpc) is 3.12. The molecule has 8 nitrogen and oxygen atoms in total. The predicted octanol–water partition coefficient (Wildman–Crippen LogP) is 2.88. The average molecular weight is 456 g/mol. The number of carbonyl (C=O) groups excluding carboxylic acids is 3.